The maximum Gasteiger partial charge on any atom is 0.255 e. The van der Waals surface area contributed by atoms with Gasteiger partial charge in [-0.15, -0.1) is 0 Å². The van der Waals surface area contributed by atoms with Gasteiger partial charge in [0.25, 0.3) is 5.91 Å². The van der Waals surface area contributed by atoms with Gasteiger partial charge >= 0.3 is 0 Å². The molecule has 5 nitrogen and oxygen atoms in total. The van der Waals surface area contributed by atoms with Crippen molar-refractivity contribution in [2.45, 2.75) is 25.3 Å². The zero-order chi connectivity index (χ0) is 22.8. The third kappa shape index (κ3) is 4.80. The van der Waals surface area contributed by atoms with Crippen LogP contribution < -0.4 is 10.2 Å². The van der Waals surface area contributed by atoms with Gasteiger partial charge < -0.3 is 15.1 Å². The predicted molar refractivity (Wildman–Crippen MR) is 135 cm³/mol. The number of carbonyl (C=O) groups is 1. The highest BCUT2D eigenvalue weighted by molar-refractivity contribution is 6.33. The van der Waals surface area contributed by atoms with Crippen LogP contribution in [-0.4, -0.2) is 42.0 Å². The number of benzene rings is 2. The third-order valence-electron chi connectivity index (χ3n) is 6.55. The number of fused-ring (bicyclic) bond motifs is 1. The quantitative estimate of drug-likeness (QED) is 0.509. The van der Waals surface area contributed by atoms with Crippen LogP contribution in [-0.2, 0) is 6.54 Å². The molecule has 2 aromatic carbocycles. The monoisotopic (exact) mass is 480 g/mol. The summed E-state index contributed by atoms with van der Waals surface area (Å²) in [6.45, 7) is 3.69. The van der Waals surface area contributed by atoms with E-state index >= 15 is 0 Å². The lowest BCUT2D eigenvalue weighted by Gasteiger charge is -2.34. The van der Waals surface area contributed by atoms with Gasteiger partial charge in [0.05, 0.1) is 11.3 Å². The van der Waals surface area contributed by atoms with Gasteiger partial charge in [-0.3, -0.25) is 4.79 Å². The Kier molecular flexibility index (Phi) is 6.43. The largest absolute Gasteiger partial charge is 0.367 e. The number of piperidine rings is 1. The van der Waals surface area contributed by atoms with Crippen molar-refractivity contribution in [2.75, 3.05) is 36.4 Å². The second-order valence-electron chi connectivity index (χ2n) is 8.65. The lowest BCUT2D eigenvalue weighted by Crippen LogP contribution is -2.38. The molecule has 1 fully saturated rings. The van der Waals surface area contributed by atoms with Crippen molar-refractivity contribution in [3.05, 3.63) is 87.5 Å². The van der Waals surface area contributed by atoms with Crippen LogP contribution in [0, 0.1) is 0 Å². The van der Waals surface area contributed by atoms with E-state index in [1.54, 1.807) is 12.3 Å². The molecular formula is C26H26Cl2N4O. The number of amides is 1. The summed E-state index contributed by atoms with van der Waals surface area (Å²) in [6, 6.07) is 18.0. The molecule has 0 spiro atoms. The molecule has 1 aromatic heterocycles. The first-order chi connectivity index (χ1) is 16.1. The Labute approximate surface area is 204 Å². The molecule has 2 aliphatic rings. The summed E-state index contributed by atoms with van der Waals surface area (Å²) < 4.78 is 0. The van der Waals surface area contributed by atoms with Gasteiger partial charge in [-0.1, -0.05) is 53.5 Å². The van der Waals surface area contributed by atoms with Gasteiger partial charge in [-0.2, -0.15) is 0 Å². The lowest BCUT2D eigenvalue weighted by molar-refractivity contribution is 0.0712. The summed E-state index contributed by atoms with van der Waals surface area (Å²) in [7, 11) is 0. The van der Waals surface area contributed by atoms with Crippen LogP contribution in [0.1, 0.15) is 40.2 Å². The van der Waals surface area contributed by atoms with Gasteiger partial charge in [0, 0.05) is 49.0 Å². The van der Waals surface area contributed by atoms with Crippen LogP contribution >= 0.6 is 23.2 Å². The Morgan fingerprint density at radius 2 is 1.82 bits per heavy atom. The first-order valence-corrected chi connectivity index (χ1v) is 12.1. The maximum atomic E-state index is 13.3. The Morgan fingerprint density at radius 3 is 2.61 bits per heavy atom. The SMILES string of the molecule is O=C(c1cnc2c(c1)N(Cc1cc(Cl)ccc1Cl)CCN2)N1CCC(c2ccccc2)CC1. The molecule has 1 N–H and O–H groups in total. The van der Waals surface area contributed by atoms with E-state index in [0.717, 1.165) is 56.1 Å². The molecule has 170 valence electrons. The smallest absolute Gasteiger partial charge is 0.255 e. The number of nitrogens with zero attached hydrogens (tertiary/aromatic N) is 3. The average molecular weight is 481 g/mol. The molecule has 0 bridgehead atoms. The highest BCUT2D eigenvalue weighted by Gasteiger charge is 2.27. The number of anilines is 2. The molecule has 0 unspecified atom stereocenters. The van der Waals surface area contributed by atoms with Gasteiger partial charge in [0.2, 0.25) is 0 Å². The van der Waals surface area contributed by atoms with Crippen LogP contribution in [0.15, 0.2) is 60.8 Å². The Balaban J connectivity index is 1.32. The fourth-order valence-electron chi connectivity index (χ4n) is 4.74. The second kappa shape index (κ2) is 9.62. The zero-order valence-corrected chi connectivity index (χ0v) is 19.8. The van der Waals surface area contributed by atoms with Crippen LogP contribution in [0.3, 0.4) is 0 Å². The summed E-state index contributed by atoms with van der Waals surface area (Å²) in [6.07, 6.45) is 3.65. The molecule has 0 atom stereocenters. The van der Waals surface area contributed by atoms with Crippen molar-refractivity contribution in [1.82, 2.24) is 9.88 Å². The molecule has 3 aromatic rings. The molecule has 1 amide bonds. The summed E-state index contributed by atoms with van der Waals surface area (Å²) in [5, 5.41) is 4.68. The first kappa shape index (κ1) is 22.1. The number of pyridine rings is 1. The minimum absolute atomic E-state index is 0.0446. The van der Waals surface area contributed by atoms with E-state index in [2.05, 4.69) is 39.5 Å². The normalized spacial score (nSPS) is 16.3. The number of aromatic nitrogens is 1. The first-order valence-electron chi connectivity index (χ1n) is 11.4. The maximum absolute atomic E-state index is 13.3. The lowest BCUT2D eigenvalue weighted by atomic mass is 9.89. The predicted octanol–water partition coefficient (Wildman–Crippen LogP) is 5.84. The Bertz CT molecular complexity index is 1150. The molecule has 7 heteroatoms. The minimum Gasteiger partial charge on any atom is -0.367 e. The zero-order valence-electron chi connectivity index (χ0n) is 18.3. The number of hydrogen-bond acceptors (Lipinski definition) is 4. The molecular weight excluding hydrogens is 455 g/mol. The summed E-state index contributed by atoms with van der Waals surface area (Å²) in [4.78, 5) is 22.0. The summed E-state index contributed by atoms with van der Waals surface area (Å²) in [5.41, 5.74) is 3.86. The molecule has 0 saturated carbocycles. The molecule has 33 heavy (non-hydrogen) atoms. The highest BCUT2D eigenvalue weighted by Crippen LogP contribution is 2.33. The van der Waals surface area contributed by atoms with E-state index in [4.69, 9.17) is 23.2 Å². The van der Waals surface area contributed by atoms with Crippen molar-refractivity contribution in [3.63, 3.8) is 0 Å². The standard InChI is InChI=1S/C26H26Cl2N4O/c27-22-6-7-23(28)21(14-22)17-32-13-10-29-25-24(32)15-20(16-30-25)26(33)31-11-8-19(9-12-31)18-4-2-1-3-5-18/h1-7,14-16,19H,8-13,17H2,(H,29,30). The Morgan fingerprint density at radius 1 is 1.03 bits per heavy atom. The van der Waals surface area contributed by atoms with E-state index in [1.807, 2.05) is 29.2 Å². The van der Waals surface area contributed by atoms with Gasteiger partial charge in [-0.25, -0.2) is 4.98 Å². The molecule has 0 aliphatic carbocycles. The van der Waals surface area contributed by atoms with Crippen LogP contribution in [0.2, 0.25) is 10.0 Å². The number of nitrogens with one attached hydrogen (secondary N) is 1. The average Bonchev–Trinajstić information content (AvgIpc) is 2.86. The number of carbonyl (C=O) groups excluding carboxylic acids is 1. The molecule has 5 rings (SSSR count). The molecule has 3 heterocycles. The van der Waals surface area contributed by atoms with Gasteiger partial charge in [0.1, 0.15) is 5.82 Å². The van der Waals surface area contributed by atoms with E-state index in [0.29, 0.717) is 28.1 Å². The van der Waals surface area contributed by atoms with Crippen molar-refractivity contribution in [3.8, 4) is 0 Å². The number of halogens is 2. The fourth-order valence-corrected chi connectivity index (χ4v) is 5.11. The number of rotatable bonds is 4. The number of hydrogen-bond donors (Lipinski definition) is 1. The van der Waals surface area contributed by atoms with Gasteiger partial charge in [0.15, 0.2) is 0 Å². The van der Waals surface area contributed by atoms with Crippen LogP contribution in [0.5, 0.6) is 0 Å². The molecule has 2 aliphatic heterocycles. The van der Waals surface area contributed by atoms with E-state index < -0.39 is 0 Å². The third-order valence-corrected chi connectivity index (χ3v) is 7.16. The minimum atomic E-state index is 0.0446. The second-order valence-corrected chi connectivity index (χ2v) is 9.50. The van der Waals surface area contributed by atoms with E-state index in [-0.39, 0.29) is 5.91 Å². The van der Waals surface area contributed by atoms with E-state index in [1.165, 1.54) is 5.56 Å². The van der Waals surface area contributed by atoms with Crippen molar-refractivity contribution < 1.29 is 4.79 Å². The molecule has 1 saturated heterocycles. The number of likely N-dealkylation sites (tertiary alicyclic amines) is 1. The Hall–Kier alpha value is -2.76. The highest BCUT2D eigenvalue weighted by atomic mass is 35.5. The summed E-state index contributed by atoms with van der Waals surface area (Å²) in [5.74, 6) is 1.35. The van der Waals surface area contributed by atoms with Crippen molar-refractivity contribution >= 4 is 40.6 Å². The molecule has 0 radical (unpaired) electrons. The van der Waals surface area contributed by atoms with E-state index in [9.17, 15) is 4.79 Å². The fraction of sp³-hybridized carbons (Fsp3) is 0.308. The van der Waals surface area contributed by atoms with Crippen LogP contribution in [0.4, 0.5) is 11.5 Å². The van der Waals surface area contributed by atoms with Crippen molar-refractivity contribution in [2.24, 2.45) is 0 Å². The summed E-state index contributed by atoms with van der Waals surface area (Å²) >= 11 is 12.6. The van der Waals surface area contributed by atoms with Crippen molar-refractivity contribution in [1.29, 1.82) is 0 Å². The van der Waals surface area contributed by atoms with Crippen LogP contribution in [0.25, 0.3) is 0 Å². The topological polar surface area (TPSA) is 48.5 Å². The van der Waals surface area contributed by atoms with Gasteiger partial charge in [-0.05, 0) is 54.2 Å².